The maximum absolute atomic E-state index is 11.3. The molecule has 0 radical (unpaired) electrons. The van der Waals surface area contributed by atoms with Gasteiger partial charge < -0.3 is 4.74 Å². The molecule has 0 aliphatic heterocycles. The number of hydrogen-bond acceptors (Lipinski definition) is 3. The quantitative estimate of drug-likeness (QED) is 0.632. The second kappa shape index (κ2) is 6.02. The Kier molecular flexibility index (Phi) is 4.94. The number of ether oxygens (including phenoxy) is 1. The third kappa shape index (κ3) is 3.29. The standard InChI is InChI=1S/C11H21NO2/c1-3-12(9-11(13)14-4-2)10-7-5-6-8-10/h10H,3-9H2,1-2H3. The Labute approximate surface area is 86.4 Å². The van der Waals surface area contributed by atoms with Crippen molar-refractivity contribution < 1.29 is 9.53 Å². The minimum Gasteiger partial charge on any atom is -0.465 e. The van der Waals surface area contributed by atoms with Gasteiger partial charge in [-0.2, -0.15) is 0 Å². The fourth-order valence-corrected chi connectivity index (χ4v) is 2.14. The predicted octanol–water partition coefficient (Wildman–Crippen LogP) is 1.81. The summed E-state index contributed by atoms with van der Waals surface area (Å²) in [7, 11) is 0. The lowest BCUT2D eigenvalue weighted by atomic mass is 10.2. The second-order valence-electron chi connectivity index (χ2n) is 3.81. The zero-order chi connectivity index (χ0) is 10.4. The SMILES string of the molecule is CCOC(=O)CN(CC)C1CCCC1. The zero-order valence-electron chi connectivity index (χ0n) is 9.29. The highest BCUT2D eigenvalue weighted by Crippen LogP contribution is 2.22. The fourth-order valence-electron chi connectivity index (χ4n) is 2.14. The van der Waals surface area contributed by atoms with Crippen LogP contribution in [0.1, 0.15) is 39.5 Å². The molecule has 0 amide bonds. The molecule has 1 rings (SSSR count). The number of esters is 1. The van der Waals surface area contributed by atoms with E-state index < -0.39 is 0 Å². The third-order valence-corrected chi connectivity index (χ3v) is 2.88. The molecule has 3 nitrogen and oxygen atoms in total. The van der Waals surface area contributed by atoms with Crippen LogP contribution in [-0.4, -0.2) is 36.6 Å². The molecule has 1 aliphatic carbocycles. The van der Waals surface area contributed by atoms with Crippen molar-refractivity contribution in [3.8, 4) is 0 Å². The van der Waals surface area contributed by atoms with Crippen LogP contribution in [0, 0.1) is 0 Å². The molecule has 0 saturated heterocycles. The summed E-state index contributed by atoms with van der Waals surface area (Å²) in [5, 5.41) is 0. The molecule has 14 heavy (non-hydrogen) atoms. The summed E-state index contributed by atoms with van der Waals surface area (Å²) in [6.07, 6.45) is 5.11. The Morgan fingerprint density at radius 2 is 2.00 bits per heavy atom. The number of carbonyl (C=O) groups is 1. The summed E-state index contributed by atoms with van der Waals surface area (Å²) in [6, 6.07) is 0.615. The predicted molar refractivity (Wildman–Crippen MR) is 56.1 cm³/mol. The lowest BCUT2D eigenvalue weighted by molar-refractivity contribution is -0.145. The highest BCUT2D eigenvalue weighted by Gasteiger charge is 2.23. The van der Waals surface area contributed by atoms with E-state index in [0.717, 1.165) is 6.54 Å². The maximum atomic E-state index is 11.3. The lowest BCUT2D eigenvalue weighted by Crippen LogP contribution is -2.38. The summed E-state index contributed by atoms with van der Waals surface area (Å²) in [6.45, 7) is 5.86. The molecule has 3 heteroatoms. The summed E-state index contributed by atoms with van der Waals surface area (Å²) in [5.41, 5.74) is 0. The molecule has 0 aromatic heterocycles. The van der Waals surface area contributed by atoms with Crippen molar-refractivity contribution in [3.05, 3.63) is 0 Å². The maximum Gasteiger partial charge on any atom is 0.320 e. The van der Waals surface area contributed by atoms with E-state index in [-0.39, 0.29) is 5.97 Å². The molecule has 0 atom stereocenters. The molecule has 0 N–H and O–H groups in total. The Balaban J connectivity index is 2.33. The van der Waals surface area contributed by atoms with Crippen molar-refractivity contribution in [3.63, 3.8) is 0 Å². The molecule has 1 fully saturated rings. The van der Waals surface area contributed by atoms with Crippen molar-refractivity contribution in [1.82, 2.24) is 4.90 Å². The van der Waals surface area contributed by atoms with Gasteiger partial charge in [-0.15, -0.1) is 0 Å². The van der Waals surface area contributed by atoms with Crippen LogP contribution in [0.15, 0.2) is 0 Å². The smallest absolute Gasteiger partial charge is 0.320 e. The summed E-state index contributed by atoms with van der Waals surface area (Å²) in [4.78, 5) is 13.5. The topological polar surface area (TPSA) is 29.5 Å². The minimum absolute atomic E-state index is 0.0822. The van der Waals surface area contributed by atoms with Gasteiger partial charge in [0.05, 0.1) is 13.2 Å². The van der Waals surface area contributed by atoms with Crippen molar-refractivity contribution in [2.75, 3.05) is 19.7 Å². The van der Waals surface area contributed by atoms with Crippen molar-refractivity contribution in [2.45, 2.75) is 45.6 Å². The summed E-state index contributed by atoms with van der Waals surface area (Å²) >= 11 is 0. The fraction of sp³-hybridized carbons (Fsp3) is 0.909. The monoisotopic (exact) mass is 199 g/mol. The number of nitrogens with zero attached hydrogens (tertiary/aromatic N) is 1. The van der Waals surface area contributed by atoms with Crippen LogP contribution in [0.4, 0.5) is 0 Å². The lowest BCUT2D eigenvalue weighted by Gasteiger charge is -2.25. The van der Waals surface area contributed by atoms with Gasteiger partial charge >= 0.3 is 5.97 Å². The van der Waals surface area contributed by atoms with E-state index in [0.29, 0.717) is 19.2 Å². The first-order chi connectivity index (χ1) is 6.77. The minimum atomic E-state index is -0.0822. The van der Waals surface area contributed by atoms with Gasteiger partial charge in [0.15, 0.2) is 0 Å². The highest BCUT2D eigenvalue weighted by atomic mass is 16.5. The normalized spacial score (nSPS) is 17.6. The summed E-state index contributed by atoms with van der Waals surface area (Å²) < 4.78 is 4.95. The van der Waals surface area contributed by atoms with Crippen LogP contribution in [0.5, 0.6) is 0 Å². The van der Waals surface area contributed by atoms with E-state index >= 15 is 0 Å². The van der Waals surface area contributed by atoms with Gasteiger partial charge in [0.25, 0.3) is 0 Å². The Hall–Kier alpha value is -0.570. The van der Waals surface area contributed by atoms with Gasteiger partial charge in [0, 0.05) is 6.04 Å². The number of hydrogen-bond donors (Lipinski definition) is 0. The Bertz CT molecular complexity index is 176. The molecular formula is C11H21NO2. The molecule has 0 spiro atoms. The molecular weight excluding hydrogens is 178 g/mol. The van der Waals surface area contributed by atoms with E-state index in [2.05, 4.69) is 11.8 Å². The van der Waals surface area contributed by atoms with Crippen LogP contribution in [-0.2, 0) is 9.53 Å². The zero-order valence-corrected chi connectivity index (χ0v) is 9.29. The van der Waals surface area contributed by atoms with E-state index in [1.807, 2.05) is 6.92 Å². The molecule has 0 bridgehead atoms. The van der Waals surface area contributed by atoms with Gasteiger partial charge in [0.2, 0.25) is 0 Å². The second-order valence-corrected chi connectivity index (χ2v) is 3.81. The van der Waals surface area contributed by atoms with Crippen molar-refractivity contribution in [2.24, 2.45) is 0 Å². The molecule has 1 aliphatic rings. The largest absolute Gasteiger partial charge is 0.465 e. The molecule has 0 aromatic rings. The van der Waals surface area contributed by atoms with Gasteiger partial charge in [-0.1, -0.05) is 19.8 Å². The molecule has 1 saturated carbocycles. The first kappa shape index (κ1) is 11.5. The Morgan fingerprint density at radius 1 is 1.36 bits per heavy atom. The van der Waals surface area contributed by atoms with Gasteiger partial charge in [-0.05, 0) is 26.3 Å². The number of likely N-dealkylation sites (N-methyl/N-ethyl adjacent to an activating group) is 1. The number of carbonyl (C=O) groups excluding carboxylic acids is 1. The Morgan fingerprint density at radius 3 is 2.50 bits per heavy atom. The van der Waals surface area contributed by atoms with Crippen molar-refractivity contribution >= 4 is 5.97 Å². The van der Waals surface area contributed by atoms with E-state index in [4.69, 9.17) is 4.74 Å². The van der Waals surface area contributed by atoms with E-state index in [1.54, 1.807) is 0 Å². The number of rotatable bonds is 5. The average Bonchev–Trinajstić information content (AvgIpc) is 2.67. The molecule has 0 unspecified atom stereocenters. The van der Waals surface area contributed by atoms with Crippen LogP contribution >= 0.6 is 0 Å². The molecule has 0 heterocycles. The first-order valence-corrected chi connectivity index (χ1v) is 5.67. The van der Waals surface area contributed by atoms with Gasteiger partial charge in [-0.25, -0.2) is 0 Å². The van der Waals surface area contributed by atoms with Crippen LogP contribution in [0.3, 0.4) is 0 Å². The van der Waals surface area contributed by atoms with Crippen LogP contribution < -0.4 is 0 Å². The van der Waals surface area contributed by atoms with Crippen LogP contribution in [0.25, 0.3) is 0 Å². The molecule has 82 valence electrons. The first-order valence-electron chi connectivity index (χ1n) is 5.67. The highest BCUT2D eigenvalue weighted by molar-refractivity contribution is 5.71. The summed E-state index contributed by atoms with van der Waals surface area (Å²) in [5.74, 6) is -0.0822. The van der Waals surface area contributed by atoms with Gasteiger partial charge in [-0.3, -0.25) is 9.69 Å². The van der Waals surface area contributed by atoms with Crippen LogP contribution in [0.2, 0.25) is 0 Å². The third-order valence-electron chi connectivity index (χ3n) is 2.88. The average molecular weight is 199 g/mol. The van der Waals surface area contributed by atoms with Crippen molar-refractivity contribution in [1.29, 1.82) is 0 Å². The van der Waals surface area contributed by atoms with Gasteiger partial charge in [0.1, 0.15) is 0 Å². The van der Waals surface area contributed by atoms with E-state index in [9.17, 15) is 4.79 Å². The van der Waals surface area contributed by atoms with E-state index in [1.165, 1.54) is 25.7 Å². The molecule has 0 aromatic carbocycles.